The van der Waals surface area contributed by atoms with Gasteiger partial charge in [0.05, 0.1) is 24.3 Å². The molecule has 4 rings (SSSR count). The lowest BCUT2D eigenvalue weighted by molar-refractivity contribution is 0.125. The quantitative estimate of drug-likeness (QED) is 0.797. The predicted octanol–water partition coefficient (Wildman–Crippen LogP) is 3.30. The number of likely N-dealkylation sites (N-methyl/N-ethyl adjacent to an activating group) is 2. The summed E-state index contributed by atoms with van der Waals surface area (Å²) in [5.74, 6) is 0.0138. The predicted molar refractivity (Wildman–Crippen MR) is 116 cm³/mol. The Kier molecular flexibility index (Phi) is 5.82. The minimum Gasteiger partial charge on any atom is -0.508 e. The van der Waals surface area contributed by atoms with E-state index in [2.05, 4.69) is 0 Å². The number of nitrogens with zero attached hydrogens (tertiary/aromatic N) is 4. The van der Waals surface area contributed by atoms with Gasteiger partial charge in [0.2, 0.25) is 0 Å². The van der Waals surface area contributed by atoms with Gasteiger partial charge in [-0.1, -0.05) is 12.1 Å². The molecule has 0 saturated heterocycles. The molecule has 7 nitrogen and oxygen atoms in total. The van der Waals surface area contributed by atoms with Gasteiger partial charge in [0.15, 0.2) is 0 Å². The molecule has 0 unspecified atom stereocenters. The normalized spacial score (nSPS) is 19.5. The number of halogens is 1. The first-order valence-electron chi connectivity index (χ1n) is 10.4. The highest BCUT2D eigenvalue weighted by molar-refractivity contribution is 6.07. The Balaban J connectivity index is 1.75. The van der Waals surface area contributed by atoms with E-state index in [1.165, 1.54) is 17.1 Å². The number of rotatable bonds is 5. The largest absolute Gasteiger partial charge is 0.508 e. The monoisotopic (exact) mass is 426 g/mol. The summed E-state index contributed by atoms with van der Waals surface area (Å²) < 4.78 is 19.9. The lowest BCUT2D eigenvalue weighted by Crippen LogP contribution is -2.44. The van der Waals surface area contributed by atoms with Crippen LogP contribution in [0.2, 0.25) is 0 Å². The molecule has 8 heteroatoms. The smallest absolute Gasteiger partial charge is 0.341 e. The number of hydrazone groups is 1. The van der Waals surface area contributed by atoms with Crippen LogP contribution in [0.1, 0.15) is 24.1 Å². The fourth-order valence-electron chi connectivity index (χ4n) is 4.10. The molecule has 2 heterocycles. The molecular weight excluding hydrogens is 399 g/mol. The summed E-state index contributed by atoms with van der Waals surface area (Å²) in [4.78, 5) is 17.3. The molecule has 164 valence electrons. The number of fused-ring (bicyclic) bond motifs is 3. The number of hydrogen-bond acceptors (Lipinski definition) is 5. The Morgan fingerprint density at radius 1 is 1.26 bits per heavy atom. The van der Waals surface area contributed by atoms with Crippen molar-refractivity contribution in [3.63, 3.8) is 0 Å². The molecule has 1 N–H and O–H groups in total. The third-order valence-electron chi connectivity index (χ3n) is 5.72. The lowest BCUT2D eigenvalue weighted by Gasteiger charge is -2.32. The van der Waals surface area contributed by atoms with E-state index in [4.69, 9.17) is 9.84 Å². The maximum absolute atomic E-state index is 14.0. The molecule has 0 bridgehead atoms. The summed E-state index contributed by atoms with van der Waals surface area (Å²) >= 11 is 0. The van der Waals surface area contributed by atoms with Gasteiger partial charge in [0, 0.05) is 25.2 Å². The Morgan fingerprint density at radius 3 is 2.77 bits per heavy atom. The van der Waals surface area contributed by atoms with Gasteiger partial charge in [0.25, 0.3) is 0 Å². The van der Waals surface area contributed by atoms with Crippen LogP contribution in [0.15, 0.2) is 47.6 Å². The molecule has 0 aliphatic carbocycles. The first-order chi connectivity index (χ1) is 14.9. The Labute approximate surface area is 181 Å². The Morgan fingerprint density at radius 2 is 2.06 bits per heavy atom. The average molecular weight is 426 g/mol. The Hall–Kier alpha value is -3.13. The van der Waals surface area contributed by atoms with E-state index in [0.29, 0.717) is 36.7 Å². The standard InChI is InChI=1S/C23H27FN4O3/c1-4-27(11-10-26(2)3)23(30)28-22(15-6-5-7-17(29)12-15)19-14-31-20-9-8-16(24)13-18(20)21(19)25-28/h5-9,12-13,19,22,29H,4,10-11,14H2,1-3H3/t19-,22-/m1/s1. The second-order valence-corrected chi connectivity index (χ2v) is 8.09. The van der Waals surface area contributed by atoms with Crippen LogP contribution in [-0.4, -0.2) is 72.0 Å². The second-order valence-electron chi connectivity index (χ2n) is 8.09. The summed E-state index contributed by atoms with van der Waals surface area (Å²) in [6.45, 7) is 4.06. The minimum absolute atomic E-state index is 0.112. The number of hydrogen-bond donors (Lipinski definition) is 1. The van der Waals surface area contributed by atoms with Crippen molar-refractivity contribution in [3.05, 3.63) is 59.4 Å². The van der Waals surface area contributed by atoms with E-state index in [9.17, 15) is 14.3 Å². The van der Waals surface area contributed by atoms with Crippen LogP contribution in [-0.2, 0) is 0 Å². The summed E-state index contributed by atoms with van der Waals surface area (Å²) in [7, 11) is 3.92. The molecule has 2 aromatic carbocycles. The molecule has 0 radical (unpaired) electrons. The lowest BCUT2D eigenvalue weighted by atomic mass is 9.86. The molecule has 2 amide bonds. The minimum atomic E-state index is -0.459. The van der Waals surface area contributed by atoms with Gasteiger partial charge in [-0.25, -0.2) is 14.2 Å². The van der Waals surface area contributed by atoms with Crippen LogP contribution < -0.4 is 4.74 Å². The third kappa shape index (κ3) is 4.07. The van der Waals surface area contributed by atoms with Crippen molar-refractivity contribution >= 4 is 11.7 Å². The first-order valence-corrected chi connectivity index (χ1v) is 10.4. The maximum Gasteiger partial charge on any atom is 0.341 e. The molecule has 2 aliphatic heterocycles. The molecular formula is C23H27FN4O3. The van der Waals surface area contributed by atoms with E-state index < -0.39 is 6.04 Å². The van der Waals surface area contributed by atoms with E-state index in [-0.39, 0.29) is 23.5 Å². The van der Waals surface area contributed by atoms with Crippen molar-refractivity contribution in [2.45, 2.75) is 13.0 Å². The molecule has 0 fully saturated rings. The van der Waals surface area contributed by atoms with E-state index in [0.717, 1.165) is 12.1 Å². The molecule has 2 aliphatic rings. The molecule has 0 spiro atoms. The zero-order valence-corrected chi connectivity index (χ0v) is 18.0. The van der Waals surface area contributed by atoms with Crippen molar-refractivity contribution in [1.82, 2.24) is 14.8 Å². The summed E-state index contributed by atoms with van der Waals surface area (Å²) in [6, 6.07) is 10.5. The van der Waals surface area contributed by atoms with Gasteiger partial charge >= 0.3 is 6.03 Å². The Bertz CT molecular complexity index is 1010. The number of benzene rings is 2. The number of phenols is 1. The van der Waals surface area contributed by atoms with Gasteiger partial charge in [-0.3, -0.25) is 0 Å². The average Bonchev–Trinajstić information content (AvgIpc) is 3.14. The fraction of sp³-hybridized carbons (Fsp3) is 0.391. The van der Waals surface area contributed by atoms with Crippen molar-refractivity contribution in [1.29, 1.82) is 0 Å². The molecule has 31 heavy (non-hydrogen) atoms. The van der Waals surface area contributed by atoms with Gasteiger partial charge < -0.3 is 19.6 Å². The second kappa shape index (κ2) is 8.55. The zero-order chi connectivity index (χ0) is 22.1. The van der Waals surface area contributed by atoms with Crippen LogP contribution in [0.5, 0.6) is 11.5 Å². The number of urea groups is 1. The highest BCUT2D eigenvalue weighted by Crippen LogP contribution is 2.43. The van der Waals surface area contributed by atoms with Crippen LogP contribution in [0.25, 0.3) is 0 Å². The van der Waals surface area contributed by atoms with Gasteiger partial charge in [-0.05, 0) is 56.9 Å². The van der Waals surface area contributed by atoms with Crippen molar-refractivity contribution in [2.24, 2.45) is 11.0 Å². The summed E-state index contributed by atoms with van der Waals surface area (Å²) in [6.07, 6.45) is 0. The van der Waals surface area contributed by atoms with Crippen LogP contribution >= 0.6 is 0 Å². The zero-order valence-electron chi connectivity index (χ0n) is 18.0. The SMILES string of the molecule is CCN(CCN(C)C)C(=O)N1N=C2c3cc(F)ccc3OC[C@H]2[C@H]1c1cccc(O)c1. The first kappa shape index (κ1) is 21.1. The highest BCUT2D eigenvalue weighted by Gasteiger charge is 2.46. The number of aromatic hydroxyl groups is 1. The van der Waals surface area contributed by atoms with Crippen LogP contribution in [0.3, 0.4) is 0 Å². The number of phenolic OH excluding ortho intramolecular Hbond substituents is 1. The fourth-order valence-corrected chi connectivity index (χ4v) is 4.10. The molecule has 2 atom stereocenters. The summed E-state index contributed by atoms with van der Waals surface area (Å²) in [5, 5.41) is 16.2. The number of ether oxygens (including phenoxy) is 1. The number of carbonyl (C=O) groups is 1. The van der Waals surface area contributed by atoms with E-state index in [1.807, 2.05) is 32.0 Å². The number of amides is 2. The van der Waals surface area contributed by atoms with Crippen molar-refractivity contribution < 1.29 is 19.0 Å². The highest BCUT2D eigenvalue weighted by atomic mass is 19.1. The van der Waals surface area contributed by atoms with Crippen molar-refractivity contribution in [3.8, 4) is 11.5 Å². The van der Waals surface area contributed by atoms with Crippen LogP contribution in [0, 0.1) is 11.7 Å². The third-order valence-corrected chi connectivity index (χ3v) is 5.72. The topological polar surface area (TPSA) is 68.6 Å². The van der Waals surface area contributed by atoms with E-state index in [1.54, 1.807) is 29.2 Å². The summed E-state index contributed by atoms with van der Waals surface area (Å²) in [5.41, 5.74) is 1.95. The van der Waals surface area contributed by atoms with Gasteiger partial charge in [0.1, 0.15) is 17.3 Å². The van der Waals surface area contributed by atoms with Gasteiger partial charge in [-0.2, -0.15) is 5.10 Å². The van der Waals surface area contributed by atoms with Crippen molar-refractivity contribution in [2.75, 3.05) is 40.3 Å². The molecule has 0 aromatic heterocycles. The van der Waals surface area contributed by atoms with Crippen LogP contribution in [0.4, 0.5) is 9.18 Å². The molecule has 2 aromatic rings. The van der Waals surface area contributed by atoms with Gasteiger partial charge in [-0.15, -0.1) is 0 Å². The number of carbonyl (C=O) groups excluding carboxylic acids is 1. The van der Waals surface area contributed by atoms with E-state index >= 15 is 0 Å². The molecule has 0 saturated carbocycles. The maximum atomic E-state index is 14.0.